The summed E-state index contributed by atoms with van der Waals surface area (Å²) in [6, 6.07) is 6.35. The van der Waals surface area contributed by atoms with Crippen LogP contribution in [0.1, 0.15) is 31.2 Å². The van der Waals surface area contributed by atoms with Crippen LogP contribution in [0.15, 0.2) is 36.8 Å². The van der Waals surface area contributed by atoms with Crippen LogP contribution in [-0.4, -0.2) is 39.3 Å². The van der Waals surface area contributed by atoms with E-state index in [9.17, 15) is 5.11 Å². The molecule has 0 aliphatic carbocycles. The maximum absolute atomic E-state index is 9.24. The summed E-state index contributed by atoms with van der Waals surface area (Å²) in [6.45, 7) is 1.91. The summed E-state index contributed by atoms with van der Waals surface area (Å²) >= 11 is 0. The first-order valence-corrected chi connectivity index (χ1v) is 8.20. The summed E-state index contributed by atoms with van der Waals surface area (Å²) < 4.78 is 0. The Morgan fingerprint density at radius 3 is 2.78 bits per heavy atom. The van der Waals surface area contributed by atoms with Crippen LogP contribution in [0.4, 0.5) is 11.8 Å². The topological polar surface area (TPSA) is 74.2 Å². The first-order valence-electron chi connectivity index (χ1n) is 8.20. The van der Waals surface area contributed by atoms with Gasteiger partial charge in [0.2, 0.25) is 5.95 Å². The number of aliphatic hydroxyl groups is 1. The molecule has 3 heterocycles. The fourth-order valence-electron chi connectivity index (χ4n) is 3.01. The largest absolute Gasteiger partial charge is 0.396 e. The lowest BCUT2D eigenvalue weighted by Crippen LogP contribution is -2.40. The molecule has 0 aromatic carbocycles. The quantitative estimate of drug-likeness (QED) is 0.852. The van der Waals surface area contributed by atoms with E-state index in [1.54, 1.807) is 18.5 Å². The van der Waals surface area contributed by atoms with E-state index in [1.165, 1.54) is 12.8 Å². The van der Waals surface area contributed by atoms with Crippen molar-refractivity contribution in [3.05, 3.63) is 42.4 Å². The fourth-order valence-corrected chi connectivity index (χ4v) is 3.01. The molecule has 0 spiro atoms. The van der Waals surface area contributed by atoms with Crippen molar-refractivity contribution >= 4 is 11.8 Å². The summed E-state index contributed by atoms with van der Waals surface area (Å²) in [5.41, 5.74) is 1.09. The van der Waals surface area contributed by atoms with Crippen LogP contribution in [0, 0.1) is 0 Å². The minimum absolute atomic E-state index is 0.236. The maximum Gasteiger partial charge on any atom is 0.222 e. The first-order chi connectivity index (χ1) is 11.4. The zero-order valence-electron chi connectivity index (χ0n) is 13.2. The van der Waals surface area contributed by atoms with Gasteiger partial charge in [0, 0.05) is 44.3 Å². The minimum Gasteiger partial charge on any atom is -0.396 e. The van der Waals surface area contributed by atoms with Gasteiger partial charge in [-0.3, -0.25) is 0 Å². The van der Waals surface area contributed by atoms with Gasteiger partial charge in [0.05, 0.1) is 0 Å². The Hall–Kier alpha value is -2.21. The third-order valence-corrected chi connectivity index (χ3v) is 4.21. The van der Waals surface area contributed by atoms with E-state index in [0.717, 1.165) is 30.8 Å². The molecule has 6 nitrogen and oxygen atoms in total. The predicted molar refractivity (Wildman–Crippen MR) is 90.3 cm³/mol. The second kappa shape index (κ2) is 7.87. The molecule has 122 valence electrons. The number of hydrogen-bond acceptors (Lipinski definition) is 6. The van der Waals surface area contributed by atoms with Gasteiger partial charge in [0.25, 0.3) is 0 Å². The van der Waals surface area contributed by atoms with Crippen LogP contribution in [0.2, 0.25) is 0 Å². The summed E-state index contributed by atoms with van der Waals surface area (Å²) in [7, 11) is 0. The van der Waals surface area contributed by atoms with E-state index in [-0.39, 0.29) is 6.61 Å². The number of piperidine rings is 1. The lowest BCUT2D eigenvalue weighted by atomic mass is 9.99. The van der Waals surface area contributed by atoms with Gasteiger partial charge in [-0.05, 0) is 43.4 Å². The van der Waals surface area contributed by atoms with Crippen molar-refractivity contribution in [3.8, 4) is 0 Å². The molecule has 0 amide bonds. The first kappa shape index (κ1) is 15.7. The molecule has 2 aromatic rings. The van der Waals surface area contributed by atoms with Crippen LogP contribution < -0.4 is 10.2 Å². The fraction of sp³-hybridized carbons (Fsp3) is 0.471. The number of nitrogens with zero attached hydrogens (tertiary/aromatic N) is 4. The highest BCUT2D eigenvalue weighted by Crippen LogP contribution is 2.25. The van der Waals surface area contributed by atoms with Gasteiger partial charge in [-0.25, -0.2) is 15.0 Å². The van der Waals surface area contributed by atoms with E-state index in [4.69, 9.17) is 0 Å². The van der Waals surface area contributed by atoms with Gasteiger partial charge >= 0.3 is 0 Å². The van der Waals surface area contributed by atoms with Crippen molar-refractivity contribution in [2.45, 2.75) is 38.3 Å². The van der Waals surface area contributed by atoms with Gasteiger partial charge in [-0.1, -0.05) is 6.07 Å². The third-order valence-electron chi connectivity index (χ3n) is 4.21. The Labute approximate surface area is 136 Å². The Morgan fingerprint density at radius 2 is 2.04 bits per heavy atom. The third kappa shape index (κ3) is 4.16. The molecule has 1 saturated heterocycles. The average molecular weight is 313 g/mol. The van der Waals surface area contributed by atoms with Crippen molar-refractivity contribution in [1.82, 2.24) is 15.0 Å². The molecule has 23 heavy (non-hydrogen) atoms. The average Bonchev–Trinajstić information content (AvgIpc) is 2.62. The Kier molecular flexibility index (Phi) is 5.37. The van der Waals surface area contributed by atoms with E-state index in [1.807, 2.05) is 6.20 Å². The zero-order valence-corrected chi connectivity index (χ0v) is 13.2. The van der Waals surface area contributed by atoms with Gasteiger partial charge in [-0.15, -0.1) is 0 Å². The standard InChI is InChI=1S/C17H23N5O/c23-11-7-15-4-1-2-10-22(15)16-6-5-14(12-20-16)13-21-17-18-8-3-9-19-17/h3,5-6,8-9,12,15,23H,1-2,4,7,10-11,13H2,(H,18,19,21). The van der Waals surface area contributed by atoms with Crippen molar-refractivity contribution in [2.24, 2.45) is 0 Å². The highest BCUT2D eigenvalue weighted by Gasteiger charge is 2.22. The normalized spacial score (nSPS) is 18.0. The number of anilines is 2. The molecule has 1 atom stereocenters. The molecule has 0 saturated carbocycles. The van der Waals surface area contributed by atoms with E-state index in [0.29, 0.717) is 18.5 Å². The second-order valence-corrected chi connectivity index (χ2v) is 5.81. The van der Waals surface area contributed by atoms with Crippen LogP contribution in [0.3, 0.4) is 0 Å². The second-order valence-electron chi connectivity index (χ2n) is 5.81. The van der Waals surface area contributed by atoms with Crippen molar-refractivity contribution in [2.75, 3.05) is 23.4 Å². The summed E-state index contributed by atoms with van der Waals surface area (Å²) in [5.74, 6) is 1.62. The highest BCUT2D eigenvalue weighted by atomic mass is 16.3. The SMILES string of the molecule is OCCC1CCCCN1c1ccc(CNc2ncccn2)cn1. The molecule has 1 aliphatic heterocycles. The van der Waals surface area contributed by atoms with Crippen LogP contribution >= 0.6 is 0 Å². The van der Waals surface area contributed by atoms with E-state index < -0.39 is 0 Å². The molecule has 0 radical (unpaired) electrons. The predicted octanol–water partition coefficient (Wildman–Crippen LogP) is 2.22. The van der Waals surface area contributed by atoms with Crippen molar-refractivity contribution in [3.63, 3.8) is 0 Å². The van der Waals surface area contributed by atoms with Crippen molar-refractivity contribution < 1.29 is 5.11 Å². The lowest BCUT2D eigenvalue weighted by Gasteiger charge is -2.36. The molecule has 0 bridgehead atoms. The van der Waals surface area contributed by atoms with E-state index >= 15 is 0 Å². The molecule has 1 aliphatic rings. The molecule has 3 rings (SSSR count). The smallest absolute Gasteiger partial charge is 0.222 e. The van der Waals surface area contributed by atoms with E-state index in [2.05, 4.69) is 37.3 Å². The Bertz CT molecular complexity index is 588. The Morgan fingerprint density at radius 1 is 1.17 bits per heavy atom. The molecular weight excluding hydrogens is 290 g/mol. The molecule has 1 fully saturated rings. The number of aromatic nitrogens is 3. The summed E-state index contributed by atoms with van der Waals surface area (Å²) in [4.78, 5) is 15.2. The Balaban J connectivity index is 1.62. The monoisotopic (exact) mass is 313 g/mol. The minimum atomic E-state index is 0.236. The van der Waals surface area contributed by atoms with Crippen LogP contribution in [-0.2, 0) is 6.54 Å². The molecular formula is C17H23N5O. The summed E-state index contributed by atoms with van der Waals surface area (Å²) in [5, 5.41) is 12.4. The summed E-state index contributed by atoms with van der Waals surface area (Å²) in [6.07, 6.45) is 9.71. The van der Waals surface area contributed by atoms with Gasteiger partial charge in [-0.2, -0.15) is 0 Å². The number of aliphatic hydroxyl groups excluding tert-OH is 1. The zero-order chi connectivity index (χ0) is 15.9. The molecule has 1 unspecified atom stereocenters. The lowest BCUT2D eigenvalue weighted by molar-refractivity contribution is 0.262. The van der Waals surface area contributed by atoms with Crippen LogP contribution in [0.5, 0.6) is 0 Å². The number of nitrogens with one attached hydrogen (secondary N) is 1. The van der Waals surface area contributed by atoms with Crippen molar-refractivity contribution in [1.29, 1.82) is 0 Å². The molecule has 2 N–H and O–H groups in total. The molecule has 2 aromatic heterocycles. The maximum atomic E-state index is 9.24. The highest BCUT2D eigenvalue weighted by molar-refractivity contribution is 5.41. The van der Waals surface area contributed by atoms with Gasteiger partial charge in [0.15, 0.2) is 0 Å². The van der Waals surface area contributed by atoms with Gasteiger partial charge in [0.1, 0.15) is 5.82 Å². The van der Waals surface area contributed by atoms with Crippen LogP contribution in [0.25, 0.3) is 0 Å². The number of rotatable bonds is 6. The van der Waals surface area contributed by atoms with Gasteiger partial charge < -0.3 is 15.3 Å². The molecule has 6 heteroatoms. The number of pyridine rings is 1. The number of hydrogen-bond donors (Lipinski definition) is 2.